The minimum absolute atomic E-state index is 0.947. The van der Waals surface area contributed by atoms with Gasteiger partial charge in [-0.05, 0) is 46.2 Å². The maximum Gasteiger partial charge on any atom is 0.0300 e. The molecule has 0 amide bonds. The monoisotopic (exact) mass is 353 g/mol. The van der Waals surface area contributed by atoms with Crippen molar-refractivity contribution in [2.75, 3.05) is 19.6 Å². The summed E-state index contributed by atoms with van der Waals surface area (Å²) < 4.78 is 1.17. The van der Waals surface area contributed by atoms with Crippen molar-refractivity contribution in [3.05, 3.63) is 50.9 Å². The molecule has 5 heteroatoms. The maximum atomic E-state index is 4.06. The van der Waals surface area contributed by atoms with Gasteiger partial charge >= 0.3 is 0 Å². The summed E-state index contributed by atoms with van der Waals surface area (Å²) in [7, 11) is 0. The van der Waals surface area contributed by atoms with Crippen molar-refractivity contribution in [1.82, 2.24) is 15.2 Å². The van der Waals surface area contributed by atoms with E-state index >= 15 is 0 Å². The molecule has 0 aliphatic rings. The Hall–Kier alpha value is -0.750. The summed E-state index contributed by atoms with van der Waals surface area (Å²) in [5, 5.41) is 5.62. The first kappa shape index (κ1) is 15.6. The minimum atomic E-state index is 0.947. The van der Waals surface area contributed by atoms with E-state index in [1.165, 1.54) is 14.9 Å². The first-order chi connectivity index (χ1) is 9.78. The SMILES string of the molecule is CCN(CCNCc1cc(Br)cs1)Cc1ccncc1. The van der Waals surface area contributed by atoms with Gasteiger partial charge in [-0.25, -0.2) is 0 Å². The molecule has 0 saturated carbocycles. The predicted octanol–water partition coefficient (Wildman–Crippen LogP) is 3.52. The van der Waals surface area contributed by atoms with Crippen LogP contribution >= 0.6 is 27.3 Å². The third-order valence-electron chi connectivity index (χ3n) is 3.13. The van der Waals surface area contributed by atoms with E-state index in [2.05, 4.69) is 61.6 Å². The van der Waals surface area contributed by atoms with Gasteiger partial charge in [0.15, 0.2) is 0 Å². The Morgan fingerprint density at radius 1 is 1.35 bits per heavy atom. The van der Waals surface area contributed by atoms with Gasteiger partial charge in [0.2, 0.25) is 0 Å². The van der Waals surface area contributed by atoms with E-state index in [0.717, 1.165) is 32.7 Å². The lowest BCUT2D eigenvalue weighted by Gasteiger charge is -2.20. The van der Waals surface area contributed by atoms with Crippen molar-refractivity contribution >= 4 is 27.3 Å². The Kier molecular flexibility index (Phi) is 6.66. The van der Waals surface area contributed by atoms with E-state index < -0.39 is 0 Å². The lowest BCUT2D eigenvalue weighted by Crippen LogP contribution is -2.31. The van der Waals surface area contributed by atoms with Crippen LogP contribution in [-0.2, 0) is 13.1 Å². The molecule has 108 valence electrons. The summed E-state index contributed by atoms with van der Waals surface area (Å²) in [4.78, 5) is 7.86. The highest BCUT2D eigenvalue weighted by Crippen LogP contribution is 2.19. The molecule has 2 aromatic heterocycles. The van der Waals surface area contributed by atoms with E-state index in [-0.39, 0.29) is 0 Å². The average Bonchev–Trinajstić information content (AvgIpc) is 2.89. The summed E-state index contributed by atoms with van der Waals surface area (Å²) in [6.45, 7) is 7.28. The molecule has 2 aromatic rings. The highest BCUT2D eigenvalue weighted by molar-refractivity contribution is 9.10. The molecule has 0 atom stereocenters. The minimum Gasteiger partial charge on any atom is -0.311 e. The fraction of sp³-hybridized carbons (Fsp3) is 0.400. The van der Waals surface area contributed by atoms with Crippen molar-refractivity contribution in [3.63, 3.8) is 0 Å². The lowest BCUT2D eigenvalue weighted by molar-refractivity contribution is 0.279. The van der Waals surface area contributed by atoms with Crippen LogP contribution in [-0.4, -0.2) is 29.5 Å². The van der Waals surface area contributed by atoms with Crippen molar-refractivity contribution in [1.29, 1.82) is 0 Å². The van der Waals surface area contributed by atoms with Crippen LogP contribution in [0.5, 0.6) is 0 Å². The van der Waals surface area contributed by atoms with Gasteiger partial charge in [0.1, 0.15) is 0 Å². The van der Waals surface area contributed by atoms with Crippen molar-refractivity contribution < 1.29 is 0 Å². The van der Waals surface area contributed by atoms with Crippen molar-refractivity contribution in [2.24, 2.45) is 0 Å². The lowest BCUT2D eigenvalue weighted by atomic mass is 10.2. The number of hydrogen-bond acceptors (Lipinski definition) is 4. The molecule has 0 saturated heterocycles. The average molecular weight is 354 g/mol. The van der Waals surface area contributed by atoms with E-state index in [1.54, 1.807) is 11.3 Å². The molecule has 0 spiro atoms. The van der Waals surface area contributed by atoms with Gasteiger partial charge in [0.05, 0.1) is 0 Å². The second-order valence-electron chi connectivity index (χ2n) is 4.63. The van der Waals surface area contributed by atoms with Crippen molar-refractivity contribution in [3.8, 4) is 0 Å². The number of nitrogens with one attached hydrogen (secondary N) is 1. The quantitative estimate of drug-likeness (QED) is 0.736. The topological polar surface area (TPSA) is 28.2 Å². The summed E-state index contributed by atoms with van der Waals surface area (Å²) in [5.74, 6) is 0. The third kappa shape index (κ3) is 5.32. The molecule has 0 aliphatic carbocycles. The zero-order chi connectivity index (χ0) is 14.2. The first-order valence-corrected chi connectivity index (χ1v) is 8.50. The normalized spacial score (nSPS) is 11.2. The number of pyridine rings is 1. The zero-order valence-corrected chi connectivity index (χ0v) is 14.1. The highest BCUT2D eigenvalue weighted by atomic mass is 79.9. The fourth-order valence-corrected chi connectivity index (χ4v) is 3.41. The van der Waals surface area contributed by atoms with Crippen molar-refractivity contribution in [2.45, 2.75) is 20.0 Å². The molecule has 0 bridgehead atoms. The Morgan fingerprint density at radius 2 is 2.15 bits per heavy atom. The number of likely N-dealkylation sites (N-methyl/N-ethyl adjacent to an activating group) is 1. The molecule has 20 heavy (non-hydrogen) atoms. The molecule has 1 N–H and O–H groups in total. The second kappa shape index (κ2) is 8.52. The molecule has 0 fully saturated rings. The number of halogens is 1. The molecule has 3 nitrogen and oxygen atoms in total. The Balaban J connectivity index is 1.68. The van der Waals surface area contributed by atoms with Gasteiger partial charge in [0.25, 0.3) is 0 Å². The third-order valence-corrected chi connectivity index (χ3v) is 4.83. The van der Waals surface area contributed by atoms with Crippen LogP contribution in [0.4, 0.5) is 0 Å². The molecule has 2 heterocycles. The molecule has 0 aromatic carbocycles. The van der Waals surface area contributed by atoms with Gasteiger partial charge < -0.3 is 5.32 Å². The fourth-order valence-electron chi connectivity index (χ4n) is 1.99. The summed E-state index contributed by atoms with van der Waals surface area (Å²) >= 11 is 5.27. The van der Waals surface area contributed by atoms with Crippen LogP contribution in [0.25, 0.3) is 0 Å². The van der Waals surface area contributed by atoms with Crippen LogP contribution in [0, 0.1) is 0 Å². The number of nitrogens with zero attached hydrogens (tertiary/aromatic N) is 2. The van der Waals surface area contributed by atoms with Gasteiger partial charge in [-0.2, -0.15) is 0 Å². The summed E-state index contributed by atoms with van der Waals surface area (Å²) in [5.41, 5.74) is 1.32. The number of aromatic nitrogens is 1. The molecule has 2 rings (SSSR count). The molecule has 0 radical (unpaired) electrons. The van der Waals surface area contributed by atoms with E-state index in [0.29, 0.717) is 0 Å². The molecule has 0 unspecified atom stereocenters. The van der Waals surface area contributed by atoms with Gasteiger partial charge in [-0.3, -0.25) is 9.88 Å². The summed E-state index contributed by atoms with van der Waals surface area (Å²) in [6, 6.07) is 6.34. The van der Waals surface area contributed by atoms with E-state index in [9.17, 15) is 0 Å². The van der Waals surface area contributed by atoms with Gasteiger partial charge in [-0.15, -0.1) is 11.3 Å². The Labute approximate surface area is 133 Å². The standard InChI is InChI=1S/C15H20BrN3S/c1-2-19(11-13-3-5-17-6-4-13)8-7-18-10-15-9-14(16)12-20-15/h3-6,9,12,18H,2,7-8,10-11H2,1H3. The molecule has 0 aliphatic heterocycles. The number of thiophene rings is 1. The highest BCUT2D eigenvalue weighted by Gasteiger charge is 2.03. The van der Waals surface area contributed by atoms with Gasteiger partial charge in [0, 0.05) is 53.3 Å². The largest absolute Gasteiger partial charge is 0.311 e. The summed E-state index contributed by atoms with van der Waals surface area (Å²) in [6.07, 6.45) is 3.71. The Bertz CT molecular complexity index is 501. The van der Waals surface area contributed by atoms with Crippen LogP contribution in [0.1, 0.15) is 17.4 Å². The number of rotatable bonds is 8. The van der Waals surface area contributed by atoms with Crippen LogP contribution in [0.2, 0.25) is 0 Å². The van der Waals surface area contributed by atoms with Gasteiger partial charge in [-0.1, -0.05) is 6.92 Å². The first-order valence-electron chi connectivity index (χ1n) is 6.83. The number of hydrogen-bond donors (Lipinski definition) is 1. The molecular formula is C15H20BrN3S. The zero-order valence-electron chi connectivity index (χ0n) is 11.7. The maximum absolute atomic E-state index is 4.06. The van der Waals surface area contributed by atoms with Crippen LogP contribution in [0.3, 0.4) is 0 Å². The Morgan fingerprint density at radius 3 is 2.80 bits per heavy atom. The van der Waals surface area contributed by atoms with Crippen LogP contribution in [0.15, 0.2) is 40.4 Å². The predicted molar refractivity (Wildman–Crippen MR) is 88.9 cm³/mol. The van der Waals surface area contributed by atoms with E-state index in [1.807, 2.05) is 12.4 Å². The smallest absolute Gasteiger partial charge is 0.0300 e. The van der Waals surface area contributed by atoms with Crippen LogP contribution < -0.4 is 5.32 Å². The molecular weight excluding hydrogens is 334 g/mol. The second-order valence-corrected chi connectivity index (χ2v) is 6.54. The van der Waals surface area contributed by atoms with E-state index in [4.69, 9.17) is 0 Å².